The number of rotatable bonds is 16. The standard InChI is InChI=1S/C21H40O5/c1-2-3-4-5-6-7-8-9-10-11-12-13-14-15-25-21-19(24)17-26-20(21)18(23)16-22/h9-10,18-24H,2-8,11-17H2,1H3/b10-9+/t18-,19+,20-,21-/m0/s1. The van der Waals surface area contributed by atoms with E-state index < -0.39 is 24.4 Å². The second kappa shape index (κ2) is 15.6. The Morgan fingerprint density at radius 1 is 1.00 bits per heavy atom. The van der Waals surface area contributed by atoms with Gasteiger partial charge >= 0.3 is 0 Å². The molecule has 0 aromatic rings. The fraction of sp³-hybridized carbons (Fsp3) is 0.905. The van der Waals surface area contributed by atoms with Crippen LogP contribution in [-0.4, -0.2) is 59.6 Å². The second-order valence-electron chi connectivity index (χ2n) is 7.33. The van der Waals surface area contributed by atoms with Gasteiger partial charge in [-0.05, 0) is 32.1 Å². The first-order chi connectivity index (χ1) is 12.7. The van der Waals surface area contributed by atoms with Crippen molar-refractivity contribution in [1.29, 1.82) is 0 Å². The summed E-state index contributed by atoms with van der Waals surface area (Å²) in [6, 6.07) is 0. The van der Waals surface area contributed by atoms with Crippen LogP contribution in [0.2, 0.25) is 0 Å². The number of aliphatic hydroxyl groups excluding tert-OH is 3. The zero-order valence-electron chi connectivity index (χ0n) is 16.5. The van der Waals surface area contributed by atoms with Crippen LogP contribution in [0.4, 0.5) is 0 Å². The van der Waals surface area contributed by atoms with Gasteiger partial charge in [0.2, 0.25) is 0 Å². The summed E-state index contributed by atoms with van der Waals surface area (Å²) >= 11 is 0. The fourth-order valence-electron chi connectivity index (χ4n) is 3.30. The topological polar surface area (TPSA) is 79.2 Å². The van der Waals surface area contributed by atoms with E-state index >= 15 is 0 Å². The quantitative estimate of drug-likeness (QED) is 0.286. The van der Waals surface area contributed by atoms with Crippen molar-refractivity contribution in [3.05, 3.63) is 12.2 Å². The molecule has 4 atom stereocenters. The average molecular weight is 373 g/mol. The first-order valence-corrected chi connectivity index (χ1v) is 10.6. The first kappa shape index (κ1) is 23.6. The van der Waals surface area contributed by atoms with E-state index in [1.54, 1.807) is 0 Å². The molecule has 26 heavy (non-hydrogen) atoms. The van der Waals surface area contributed by atoms with E-state index in [9.17, 15) is 10.2 Å². The largest absolute Gasteiger partial charge is 0.394 e. The molecule has 1 heterocycles. The Labute approximate surface area is 159 Å². The zero-order valence-corrected chi connectivity index (χ0v) is 16.5. The summed E-state index contributed by atoms with van der Waals surface area (Å²) in [6.45, 7) is 2.55. The van der Waals surface area contributed by atoms with Gasteiger partial charge in [-0.1, -0.05) is 57.6 Å². The van der Waals surface area contributed by atoms with E-state index in [4.69, 9.17) is 14.6 Å². The molecular weight excluding hydrogens is 332 g/mol. The second-order valence-corrected chi connectivity index (χ2v) is 7.33. The molecular formula is C21H40O5. The highest BCUT2D eigenvalue weighted by molar-refractivity contribution is 4.89. The summed E-state index contributed by atoms with van der Waals surface area (Å²) < 4.78 is 11.0. The molecule has 5 heteroatoms. The van der Waals surface area contributed by atoms with Gasteiger partial charge < -0.3 is 24.8 Å². The average Bonchev–Trinajstić information content (AvgIpc) is 3.02. The van der Waals surface area contributed by atoms with Gasteiger partial charge in [-0.15, -0.1) is 0 Å². The summed E-state index contributed by atoms with van der Waals surface area (Å²) in [7, 11) is 0. The Kier molecular flexibility index (Phi) is 14.1. The number of hydrogen-bond donors (Lipinski definition) is 3. The Balaban J connectivity index is 1.95. The van der Waals surface area contributed by atoms with Crippen molar-refractivity contribution in [2.24, 2.45) is 0 Å². The highest BCUT2D eigenvalue weighted by Gasteiger charge is 2.40. The van der Waals surface area contributed by atoms with Crippen LogP contribution in [0.5, 0.6) is 0 Å². The molecule has 1 fully saturated rings. The van der Waals surface area contributed by atoms with Crippen LogP contribution in [0, 0.1) is 0 Å². The molecule has 0 unspecified atom stereocenters. The molecule has 5 nitrogen and oxygen atoms in total. The molecule has 1 rings (SSSR count). The van der Waals surface area contributed by atoms with E-state index in [1.165, 1.54) is 44.9 Å². The smallest absolute Gasteiger partial charge is 0.114 e. The summed E-state index contributed by atoms with van der Waals surface area (Å²) in [5.41, 5.74) is 0. The molecule has 0 radical (unpaired) electrons. The molecule has 3 N–H and O–H groups in total. The van der Waals surface area contributed by atoms with Crippen molar-refractivity contribution in [3.8, 4) is 0 Å². The van der Waals surface area contributed by atoms with E-state index in [0.29, 0.717) is 6.61 Å². The van der Waals surface area contributed by atoms with Crippen LogP contribution < -0.4 is 0 Å². The molecule has 0 amide bonds. The Hall–Kier alpha value is -0.460. The lowest BCUT2D eigenvalue weighted by atomic mass is 10.1. The lowest BCUT2D eigenvalue weighted by molar-refractivity contribution is -0.0937. The van der Waals surface area contributed by atoms with Gasteiger partial charge in [0.25, 0.3) is 0 Å². The molecule has 1 aliphatic rings. The predicted octanol–water partition coefficient (Wildman–Crippen LogP) is 3.35. The molecule has 0 aliphatic carbocycles. The SMILES string of the molecule is CCCCCCCC/C=C/CCCCCO[C@@H]1[C@H]([C@@H](O)CO)OC[C@H]1O. The maximum absolute atomic E-state index is 9.86. The van der Waals surface area contributed by atoms with Gasteiger partial charge in [0.15, 0.2) is 0 Å². The zero-order chi connectivity index (χ0) is 19.0. The van der Waals surface area contributed by atoms with Crippen molar-refractivity contribution >= 4 is 0 Å². The van der Waals surface area contributed by atoms with Gasteiger partial charge in [0, 0.05) is 6.61 Å². The minimum absolute atomic E-state index is 0.149. The van der Waals surface area contributed by atoms with Crippen LogP contribution in [0.15, 0.2) is 12.2 Å². The number of aliphatic hydroxyl groups is 3. The van der Waals surface area contributed by atoms with Crippen LogP contribution in [0.1, 0.15) is 77.6 Å². The van der Waals surface area contributed by atoms with Crippen LogP contribution in [0.25, 0.3) is 0 Å². The van der Waals surface area contributed by atoms with Gasteiger partial charge in [-0.3, -0.25) is 0 Å². The molecule has 1 aliphatic heterocycles. The lowest BCUT2D eigenvalue weighted by Crippen LogP contribution is -2.42. The minimum atomic E-state index is -1.01. The molecule has 0 bridgehead atoms. The van der Waals surface area contributed by atoms with Crippen molar-refractivity contribution in [3.63, 3.8) is 0 Å². The fourth-order valence-corrected chi connectivity index (χ4v) is 3.30. The van der Waals surface area contributed by atoms with E-state index in [1.807, 2.05) is 0 Å². The predicted molar refractivity (Wildman–Crippen MR) is 104 cm³/mol. The Morgan fingerprint density at radius 3 is 2.27 bits per heavy atom. The molecule has 0 spiro atoms. The van der Waals surface area contributed by atoms with Crippen molar-refractivity contribution < 1.29 is 24.8 Å². The van der Waals surface area contributed by atoms with Crippen molar-refractivity contribution in [1.82, 2.24) is 0 Å². The highest BCUT2D eigenvalue weighted by atomic mass is 16.6. The summed E-state index contributed by atoms with van der Waals surface area (Å²) in [5, 5.41) is 28.6. The molecule has 154 valence electrons. The van der Waals surface area contributed by atoms with Crippen molar-refractivity contribution in [2.45, 2.75) is 102 Å². The lowest BCUT2D eigenvalue weighted by Gasteiger charge is -2.23. The number of hydrogen-bond acceptors (Lipinski definition) is 5. The van der Waals surface area contributed by atoms with Crippen LogP contribution in [-0.2, 0) is 9.47 Å². The third-order valence-electron chi connectivity index (χ3n) is 4.95. The molecule has 0 saturated carbocycles. The maximum Gasteiger partial charge on any atom is 0.114 e. The third kappa shape index (κ3) is 10.0. The number of ether oxygens (including phenoxy) is 2. The molecule has 1 saturated heterocycles. The normalized spacial score (nSPS) is 24.5. The van der Waals surface area contributed by atoms with Gasteiger partial charge in [-0.2, -0.15) is 0 Å². The highest BCUT2D eigenvalue weighted by Crippen LogP contribution is 2.21. The minimum Gasteiger partial charge on any atom is -0.394 e. The van der Waals surface area contributed by atoms with E-state index in [0.717, 1.165) is 25.7 Å². The summed E-state index contributed by atoms with van der Waals surface area (Å²) in [5.74, 6) is 0. The van der Waals surface area contributed by atoms with Crippen molar-refractivity contribution in [2.75, 3.05) is 19.8 Å². The molecule has 0 aromatic carbocycles. The summed E-state index contributed by atoms with van der Waals surface area (Å²) in [4.78, 5) is 0. The third-order valence-corrected chi connectivity index (χ3v) is 4.95. The van der Waals surface area contributed by atoms with E-state index in [-0.39, 0.29) is 13.2 Å². The van der Waals surface area contributed by atoms with E-state index in [2.05, 4.69) is 19.1 Å². The van der Waals surface area contributed by atoms with Gasteiger partial charge in [0.05, 0.1) is 13.2 Å². The Bertz CT molecular complexity index is 347. The van der Waals surface area contributed by atoms with Gasteiger partial charge in [0.1, 0.15) is 24.4 Å². The number of allylic oxidation sites excluding steroid dienone is 2. The number of unbranched alkanes of at least 4 members (excludes halogenated alkanes) is 9. The molecule has 0 aromatic heterocycles. The maximum atomic E-state index is 9.86. The first-order valence-electron chi connectivity index (χ1n) is 10.6. The monoisotopic (exact) mass is 372 g/mol. The van der Waals surface area contributed by atoms with Crippen LogP contribution in [0.3, 0.4) is 0 Å². The Morgan fingerprint density at radius 2 is 1.62 bits per heavy atom. The van der Waals surface area contributed by atoms with Crippen LogP contribution >= 0.6 is 0 Å². The van der Waals surface area contributed by atoms with Gasteiger partial charge in [-0.25, -0.2) is 0 Å². The summed E-state index contributed by atoms with van der Waals surface area (Å²) in [6.07, 6.45) is 15.2.